The van der Waals surface area contributed by atoms with Crippen LogP contribution in [-0.4, -0.2) is 23.8 Å². The molecule has 0 bridgehead atoms. The molecule has 0 saturated carbocycles. The number of amides is 2. The average Bonchev–Trinajstić information content (AvgIpc) is 3.06. The number of aliphatic hydroxyl groups excluding tert-OH is 1. The van der Waals surface area contributed by atoms with E-state index in [0.717, 1.165) is 16.2 Å². The van der Waals surface area contributed by atoms with Crippen LogP contribution in [0, 0.1) is 0 Å². The summed E-state index contributed by atoms with van der Waals surface area (Å²) in [5.74, 6) is 0.782. The van der Waals surface area contributed by atoms with Crippen LogP contribution in [0.1, 0.15) is 43.4 Å². The fourth-order valence-electron chi connectivity index (χ4n) is 2.23. The van der Waals surface area contributed by atoms with Crippen LogP contribution < -0.4 is 15.4 Å². The predicted molar refractivity (Wildman–Crippen MR) is 96.4 cm³/mol. The van der Waals surface area contributed by atoms with Crippen molar-refractivity contribution in [1.29, 1.82) is 0 Å². The van der Waals surface area contributed by atoms with Gasteiger partial charge in [0.05, 0.1) is 18.7 Å². The Labute approximate surface area is 146 Å². The van der Waals surface area contributed by atoms with Crippen LogP contribution in [0.5, 0.6) is 5.75 Å². The van der Waals surface area contributed by atoms with Crippen molar-refractivity contribution >= 4 is 17.4 Å². The van der Waals surface area contributed by atoms with E-state index in [1.807, 2.05) is 62.5 Å². The van der Waals surface area contributed by atoms with E-state index in [0.29, 0.717) is 0 Å². The quantitative estimate of drug-likeness (QED) is 0.715. The van der Waals surface area contributed by atoms with Crippen molar-refractivity contribution in [2.45, 2.75) is 39.0 Å². The van der Waals surface area contributed by atoms with Crippen molar-refractivity contribution in [3.05, 3.63) is 52.2 Å². The molecule has 0 spiro atoms. The second-order valence-electron chi connectivity index (χ2n) is 5.85. The zero-order valence-electron chi connectivity index (χ0n) is 14.2. The highest BCUT2D eigenvalue weighted by Crippen LogP contribution is 2.20. The molecule has 0 aliphatic carbocycles. The zero-order chi connectivity index (χ0) is 17.5. The van der Waals surface area contributed by atoms with Gasteiger partial charge in [-0.05, 0) is 49.9 Å². The van der Waals surface area contributed by atoms with Gasteiger partial charge in [0.2, 0.25) is 0 Å². The topological polar surface area (TPSA) is 70.6 Å². The molecule has 0 aliphatic heterocycles. The summed E-state index contributed by atoms with van der Waals surface area (Å²) < 4.78 is 5.67. The van der Waals surface area contributed by atoms with Gasteiger partial charge in [-0.3, -0.25) is 0 Å². The van der Waals surface area contributed by atoms with Gasteiger partial charge < -0.3 is 20.5 Å². The van der Waals surface area contributed by atoms with E-state index in [9.17, 15) is 9.90 Å². The molecule has 3 N–H and O–H groups in total. The number of carbonyl (C=O) groups excluding carboxylic acids is 1. The summed E-state index contributed by atoms with van der Waals surface area (Å²) in [6.45, 7) is 6.03. The highest BCUT2D eigenvalue weighted by Gasteiger charge is 2.13. The lowest BCUT2D eigenvalue weighted by molar-refractivity contribution is 0.176. The number of nitrogens with one attached hydrogen (secondary N) is 2. The Morgan fingerprint density at radius 1 is 1.25 bits per heavy atom. The van der Waals surface area contributed by atoms with Gasteiger partial charge in [0.15, 0.2) is 0 Å². The van der Waals surface area contributed by atoms with Gasteiger partial charge in [-0.25, -0.2) is 4.79 Å². The Balaban J connectivity index is 1.85. The molecular formula is C18H24N2O3S. The molecule has 1 aromatic heterocycles. The van der Waals surface area contributed by atoms with Gasteiger partial charge in [0.1, 0.15) is 11.9 Å². The molecule has 2 atom stereocenters. The zero-order valence-corrected chi connectivity index (χ0v) is 15.0. The number of urea groups is 1. The maximum atomic E-state index is 12.0. The number of carbonyl (C=O) groups is 1. The van der Waals surface area contributed by atoms with Gasteiger partial charge >= 0.3 is 6.03 Å². The van der Waals surface area contributed by atoms with Gasteiger partial charge in [-0.1, -0.05) is 18.2 Å². The van der Waals surface area contributed by atoms with Crippen molar-refractivity contribution in [3.63, 3.8) is 0 Å². The predicted octanol–water partition coefficient (Wildman–Crippen LogP) is 3.63. The normalized spacial score (nSPS) is 13.4. The van der Waals surface area contributed by atoms with E-state index in [1.165, 1.54) is 11.3 Å². The summed E-state index contributed by atoms with van der Waals surface area (Å²) >= 11 is 1.46. The summed E-state index contributed by atoms with van der Waals surface area (Å²) in [4.78, 5) is 12.8. The molecule has 24 heavy (non-hydrogen) atoms. The number of hydrogen-bond donors (Lipinski definition) is 3. The Morgan fingerprint density at radius 3 is 2.71 bits per heavy atom. The minimum atomic E-state index is -0.686. The first-order valence-corrected chi connectivity index (χ1v) is 8.86. The molecular weight excluding hydrogens is 324 g/mol. The average molecular weight is 348 g/mol. The summed E-state index contributed by atoms with van der Waals surface area (Å²) in [5, 5.41) is 17.4. The van der Waals surface area contributed by atoms with Gasteiger partial charge in [0.25, 0.3) is 0 Å². The van der Waals surface area contributed by atoms with Gasteiger partial charge in [-0.15, -0.1) is 11.3 Å². The number of ether oxygens (including phenoxy) is 1. The molecule has 6 heteroatoms. The van der Waals surface area contributed by atoms with Crippen LogP contribution in [0.3, 0.4) is 0 Å². The molecule has 0 unspecified atom stereocenters. The van der Waals surface area contributed by atoms with Gasteiger partial charge in [-0.2, -0.15) is 0 Å². The lowest BCUT2D eigenvalue weighted by Crippen LogP contribution is -2.39. The van der Waals surface area contributed by atoms with Crippen LogP contribution in [0.4, 0.5) is 4.79 Å². The molecule has 0 aliphatic rings. The number of rotatable bonds is 7. The Kier molecular flexibility index (Phi) is 6.63. The molecule has 1 aromatic carbocycles. The Morgan fingerprint density at radius 2 is 2.04 bits per heavy atom. The first kappa shape index (κ1) is 18.3. The Bertz CT molecular complexity index is 643. The molecule has 0 fully saturated rings. The molecule has 0 saturated heterocycles. The molecule has 1 heterocycles. The lowest BCUT2D eigenvalue weighted by atomic mass is 10.1. The highest BCUT2D eigenvalue weighted by molar-refractivity contribution is 7.10. The van der Waals surface area contributed by atoms with Crippen molar-refractivity contribution in [2.75, 3.05) is 6.54 Å². The van der Waals surface area contributed by atoms with E-state index in [2.05, 4.69) is 10.6 Å². The van der Waals surface area contributed by atoms with Crippen LogP contribution in [0.15, 0.2) is 41.8 Å². The van der Waals surface area contributed by atoms with E-state index in [-0.39, 0.29) is 24.7 Å². The van der Waals surface area contributed by atoms with Crippen LogP contribution in [0.2, 0.25) is 0 Å². The largest absolute Gasteiger partial charge is 0.491 e. The van der Waals surface area contributed by atoms with Crippen molar-refractivity contribution in [2.24, 2.45) is 0 Å². The van der Waals surface area contributed by atoms with Crippen LogP contribution in [0.25, 0.3) is 0 Å². The van der Waals surface area contributed by atoms with E-state index in [4.69, 9.17) is 4.74 Å². The summed E-state index contributed by atoms with van der Waals surface area (Å²) in [6, 6.07) is 10.9. The van der Waals surface area contributed by atoms with E-state index < -0.39 is 6.10 Å². The second kappa shape index (κ2) is 8.70. The second-order valence-corrected chi connectivity index (χ2v) is 6.83. The molecule has 130 valence electrons. The maximum Gasteiger partial charge on any atom is 0.315 e. The smallest absolute Gasteiger partial charge is 0.315 e. The molecule has 5 nitrogen and oxygen atoms in total. The lowest BCUT2D eigenvalue weighted by Gasteiger charge is -2.18. The van der Waals surface area contributed by atoms with Crippen molar-refractivity contribution in [3.8, 4) is 5.75 Å². The Hall–Kier alpha value is -2.05. The third-order valence-corrected chi connectivity index (χ3v) is 4.38. The highest BCUT2D eigenvalue weighted by atomic mass is 32.1. The fraction of sp³-hybridized carbons (Fsp3) is 0.389. The number of thiophene rings is 1. The molecule has 0 radical (unpaired) electrons. The first-order chi connectivity index (χ1) is 11.5. The summed E-state index contributed by atoms with van der Waals surface area (Å²) in [7, 11) is 0. The third-order valence-electron chi connectivity index (χ3n) is 3.41. The number of benzene rings is 1. The number of hydrogen-bond acceptors (Lipinski definition) is 4. The first-order valence-electron chi connectivity index (χ1n) is 7.98. The molecule has 2 rings (SSSR count). The third kappa shape index (κ3) is 5.54. The molecule has 2 amide bonds. The van der Waals surface area contributed by atoms with E-state index >= 15 is 0 Å². The van der Waals surface area contributed by atoms with Crippen LogP contribution >= 0.6 is 11.3 Å². The van der Waals surface area contributed by atoms with Crippen LogP contribution in [-0.2, 0) is 0 Å². The number of aliphatic hydroxyl groups is 1. The van der Waals surface area contributed by atoms with Gasteiger partial charge in [0, 0.05) is 4.88 Å². The minimum Gasteiger partial charge on any atom is -0.491 e. The van der Waals surface area contributed by atoms with Crippen molar-refractivity contribution in [1.82, 2.24) is 10.6 Å². The van der Waals surface area contributed by atoms with Crippen molar-refractivity contribution < 1.29 is 14.6 Å². The molecule has 2 aromatic rings. The van der Waals surface area contributed by atoms with E-state index in [1.54, 1.807) is 0 Å². The SMILES string of the molecule is CC(C)Oc1cccc([C@@H](C)NC(=O)NC[C@@H](O)c2cccs2)c1. The minimum absolute atomic E-state index is 0.102. The maximum absolute atomic E-state index is 12.0. The summed E-state index contributed by atoms with van der Waals surface area (Å²) in [6.07, 6.45) is -0.584. The standard InChI is InChI=1S/C18H24N2O3S/c1-12(2)23-15-7-4-6-14(10-15)13(3)20-18(22)19-11-16(21)17-8-5-9-24-17/h4-10,12-13,16,21H,11H2,1-3H3,(H2,19,20,22)/t13-,16-/m1/s1. The summed E-state index contributed by atoms with van der Waals surface area (Å²) in [5.41, 5.74) is 0.960. The fourth-order valence-corrected chi connectivity index (χ4v) is 2.94. The monoisotopic (exact) mass is 348 g/mol.